The predicted octanol–water partition coefficient (Wildman–Crippen LogP) is 2.71. The van der Waals surface area contributed by atoms with E-state index >= 15 is 0 Å². The SMILES string of the molecule is C=C(CC)CC(O)Cc1nc(C)cs1. The van der Waals surface area contributed by atoms with Gasteiger partial charge in [0.25, 0.3) is 0 Å². The molecule has 0 saturated carbocycles. The van der Waals surface area contributed by atoms with Crippen molar-refractivity contribution in [2.45, 2.75) is 39.2 Å². The molecular formula is C11H17NOS. The Morgan fingerprint density at radius 2 is 2.43 bits per heavy atom. The van der Waals surface area contributed by atoms with E-state index in [1.165, 1.54) is 0 Å². The van der Waals surface area contributed by atoms with Crippen LogP contribution in [0.25, 0.3) is 0 Å². The van der Waals surface area contributed by atoms with Crippen LogP contribution in [0.3, 0.4) is 0 Å². The standard InChI is InChI=1S/C11H17NOS/c1-4-8(2)5-10(13)6-11-12-9(3)7-14-11/h7,10,13H,2,4-6H2,1,3H3. The van der Waals surface area contributed by atoms with E-state index in [4.69, 9.17) is 0 Å². The second-order valence-corrected chi connectivity index (χ2v) is 4.49. The number of aliphatic hydroxyl groups is 1. The summed E-state index contributed by atoms with van der Waals surface area (Å²) in [6.45, 7) is 7.91. The first-order chi connectivity index (χ1) is 6.61. The molecule has 1 rings (SSSR count). The molecule has 1 unspecified atom stereocenters. The third-order valence-corrected chi connectivity index (χ3v) is 3.09. The quantitative estimate of drug-likeness (QED) is 0.760. The lowest BCUT2D eigenvalue weighted by molar-refractivity contribution is 0.174. The fraction of sp³-hybridized carbons (Fsp3) is 0.545. The molecule has 0 radical (unpaired) electrons. The van der Waals surface area contributed by atoms with Gasteiger partial charge in [-0.15, -0.1) is 11.3 Å². The van der Waals surface area contributed by atoms with Crippen LogP contribution in [0.4, 0.5) is 0 Å². The van der Waals surface area contributed by atoms with Gasteiger partial charge in [-0.3, -0.25) is 0 Å². The van der Waals surface area contributed by atoms with Gasteiger partial charge in [-0.1, -0.05) is 19.1 Å². The van der Waals surface area contributed by atoms with Gasteiger partial charge < -0.3 is 5.11 Å². The zero-order valence-electron chi connectivity index (χ0n) is 8.79. The van der Waals surface area contributed by atoms with E-state index in [0.717, 1.165) is 22.7 Å². The molecule has 0 fully saturated rings. The van der Waals surface area contributed by atoms with E-state index in [1.807, 2.05) is 12.3 Å². The van der Waals surface area contributed by atoms with Crippen molar-refractivity contribution >= 4 is 11.3 Å². The van der Waals surface area contributed by atoms with Crippen LogP contribution in [0.5, 0.6) is 0 Å². The second-order valence-electron chi connectivity index (χ2n) is 3.55. The number of nitrogens with zero attached hydrogens (tertiary/aromatic N) is 1. The molecular weight excluding hydrogens is 194 g/mol. The third kappa shape index (κ3) is 3.60. The Balaban J connectivity index is 2.41. The normalized spacial score (nSPS) is 12.8. The van der Waals surface area contributed by atoms with Crippen LogP contribution in [0.15, 0.2) is 17.5 Å². The zero-order valence-corrected chi connectivity index (χ0v) is 9.60. The lowest BCUT2D eigenvalue weighted by Gasteiger charge is -2.09. The van der Waals surface area contributed by atoms with E-state index in [1.54, 1.807) is 11.3 Å². The van der Waals surface area contributed by atoms with E-state index < -0.39 is 0 Å². The summed E-state index contributed by atoms with van der Waals surface area (Å²) in [6.07, 6.45) is 1.95. The molecule has 78 valence electrons. The zero-order chi connectivity index (χ0) is 10.6. The molecule has 0 aliphatic rings. The van der Waals surface area contributed by atoms with Crippen molar-refractivity contribution in [3.05, 3.63) is 28.2 Å². The first-order valence-corrected chi connectivity index (χ1v) is 5.75. The van der Waals surface area contributed by atoms with Gasteiger partial charge in [0.05, 0.1) is 11.1 Å². The smallest absolute Gasteiger partial charge is 0.0954 e. The minimum absolute atomic E-state index is 0.326. The maximum Gasteiger partial charge on any atom is 0.0954 e. The van der Waals surface area contributed by atoms with Crippen LogP contribution < -0.4 is 0 Å². The molecule has 0 amide bonds. The van der Waals surface area contributed by atoms with Gasteiger partial charge >= 0.3 is 0 Å². The molecule has 0 bridgehead atoms. The predicted molar refractivity (Wildman–Crippen MR) is 60.6 cm³/mol. The van der Waals surface area contributed by atoms with E-state index in [0.29, 0.717) is 12.8 Å². The van der Waals surface area contributed by atoms with Crippen LogP contribution in [-0.4, -0.2) is 16.2 Å². The van der Waals surface area contributed by atoms with Crippen molar-refractivity contribution in [3.8, 4) is 0 Å². The summed E-state index contributed by atoms with van der Waals surface area (Å²) in [5.74, 6) is 0. The summed E-state index contributed by atoms with van der Waals surface area (Å²) in [4.78, 5) is 4.31. The highest BCUT2D eigenvalue weighted by atomic mass is 32.1. The molecule has 1 aromatic heterocycles. The van der Waals surface area contributed by atoms with E-state index in [2.05, 4.69) is 18.5 Å². The third-order valence-electron chi connectivity index (χ3n) is 2.10. The van der Waals surface area contributed by atoms with Crippen molar-refractivity contribution in [1.29, 1.82) is 0 Å². The first kappa shape index (κ1) is 11.4. The largest absolute Gasteiger partial charge is 0.392 e. The summed E-state index contributed by atoms with van der Waals surface area (Å²) >= 11 is 1.61. The number of hydrogen-bond acceptors (Lipinski definition) is 3. The Morgan fingerprint density at radius 3 is 2.93 bits per heavy atom. The van der Waals surface area contributed by atoms with Crippen LogP contribution in [0.1, 0.15) is 30.5 Å². The molecule has 1 heterocycles. The van der Waals surface area contributed by atoms with Crippen molar-refractivity contribution in [2.75, 3.05) is 0 Å². The van der Waals surface area contributed by atoms with Crippen molar-refractivity contribution in [3.63, 3.8) is 0 Å². The molecule has 0 saturated heterocycles. The lowest BCUT2D eigenvalue weighted by Crippen LogP contribution is -2.10. The molecule has 14 heavy (non-hydrogen) atoms. The monoisotopic (exact) mass is 211 g/mol. The maximum absolute atomic E-state index is 9.72. The van der Waals surface area contributed by atoms with Gasteiger partial charge in [0.2, 0.25) is 0 Å². The molecule has 1 N–H and O–H groups in total. The maximum atomic E-state index is 9.72. The van der Waals surface area contributed by atoms with Crippen molar-refractivity contribution in [1.82, 2.24) is 4.98 Å². The highest BCUT2D eigenvalue weighted by Gasteiger charge is 2.09. The average molecular weight is 211 g/mol. The number of aliphatic hydroxyl groups excluding tert-OH is 1. The van der Waals surface area contributed by atoms with E-state index in [-0.39, 0.29) is 6.10 Å². The topological polar surface area (TPSA) is 33.1 Å². The molecule has 1 aromatic rings. The minimum atomic E-state index is -0.326. The minimum Gasteiger partial charge on any atom is -0.392 e. The summed E-state index contributed by atoms with van der Waals surface area (Å²) in [5, 5.41) is 12.7. The summed E-state index contributed by atoms with van der Waals surface area (Å²) in [5.41, 5.74) is 2.14. The van der Waals surface area contributed by atoms with Crippen LogP contribution >= 0.6 is 11.3 Å². The highest BCUT2D eigenvalue weighted by molar-refractivity contribution is 7.09. The Bertz CT molecular complexity index is 306. The van der Waals surface area contributed by atoms with Gasteiger partial charge in [0, 0.05) is 17.5 Å². The Labute approximate surface area is 89.3 Å². The highest BCUT2D eigenvalue weighted by Crippen LogP contribution is 2.15. The fourth-order valence-corrected chi connectivity index (χ4v) is 2.09. The number of rotatable bonds is 5. The van der Waals surface area contributed by atoms with Gasteiger partial charge in [-0.05, 0) is 19.8 Å². The molecule has 1 atom stereocenters. The fourth-order valence-electron chi connectivity index (χ4n) is 1.25. The first-order valence-electron chi connectivity index (χ1n) is 4.87. The number of thiazole rings is 1. The molecule has 0 aliphatic carbocycles. The molecule has 0 spiro atoms. The molecule has 0 aliphatic heterocycles. The molecule has 3 heteroatoms. The average Bonchev–Trinajstić information content (AvgIpc) is 2.50. The van der Waals surface area contributed by atoms with Crippen LogP contribution in [-0.2, 0) is 6.42 Å². The van der Waals surface area contributed by atoms with E-state index in [9.17, 15) is 5.11 Å². The lowest BCUT2D eigenvalue weighted by atomic mass is 10.1. The van der Waals surface area contributed by atoms with Crippen LogP contribution in [0.2, 0.25) is 0 Å². The molecule has 0 aromatic carbocycles. The summed E-state index contributed by atoms with van der Waals surface area (Å²) < 4.78 is 0. The number of aromatic nitrogens is 1. The second kappa shape index (κ2) is 5.27. The van der Waals surface area contributed by atoms with Gasteiger partial charge in [0.15, 0.2) is 0 Å². The Hall–Kier alpha value is -0.670. The van der Waals surface area contributed by atoms with Crippen molar-refractivity contribution < 1.29 is 5.11 Å². The number of hydrogen-bond donors (Lipinski definition) is 1. The Morgan fingerprint density at radius 1 is 1.71 bits per heavy atom. The molecule has 2 nitrogen and oxygen atoms in total. The van der Waals surface area contributed by atoms with Crippen molar-refractivity contribution in [2.24, 2.45) is 0 Å². The Kier molecular flexibility index (Phi) is 4.29. The van der Waals surface area contributed by atoms with Gasteiger partial charge in [0.1, 0.15) is 0 Å². The summed E-state index contributed by atoms with van der Waals surface area (Å²) in [6, 6.07) is 0. The number of aryl methyl sites for hydroxylation is 1. The summed E-state index contributed by atoms with van der Waals surface area (Å²) in [7, 11) is 0. The van der Waals surface area contributed by atoms with Gasteiger partial charge in [-0.25, -0.2) is 4.98 Å². The van der Waals surface area contributed by atoms with Crippen LogP contribution in [0, 0.1) is 6.92 Å². The van der Waals surface area contributed by atoms with Gasteiger partial charge in [-0.2, -0.15) is 0 Å².